The Bertz CT molecular complexity index is 1270. The Balaban J connectivity index is 1.60. The Morgan fingerprint density at radius 1 is 0.848 bits per heavy atom. The number of hydrogen-bond donors (Lipinski definition) is 0. The molecular formula is C25H21N3O5. The quantitative estimate of drug-likeness (QED) is 0.340. The van der Waals surface area contributed by atoms with E-state index in [0.717, 1.165) is 16.7 Å². The lowest BCUT2D eigenvalue weighted by atomic mass is 9.90. The molecule has 0 radical (unpaired) electrons. The molecule has 2 saturated heterocycles. The number of non-ortho nitro benzene ring substituents is 1. The third-order valence-corrected chi connectivity index (χ3v) is 6.09. The van der Waals surface area contributed by atoms with Crippen LogP contribution in [0.1, 0.15) is 22.7 Å². The Morgan fingerprint density at radius 2 is 1.55 bits per heavy atom. The van der Waals surface area contributed by atoms with Crippen LogP contribution in [0.3, 0.4) is 0 Å². The zero-order valence-electron chi connectivity index (χ0n) is 18.0. The number of fused-ring (bicyclic) bond motifs is 1. The number of anilines is 2. The van der Waals surface area contributed by atoms with Gasteiger partial charge in [0.1, 0.15) is 5.92 Å². The molecule has 0 bridgehead atoms. The van der Waals surface area contributed by atoms with Gasteiger partial charge >= 0.3 is 0 Å². The minimum absolute atomic E-state index is 0.102. The molecule has 2 fully saturated rings. The summed E-state index contributed by atoms with van der Waals surface area (Å²) in [6.07, 6.45) is -1.02. The average molecular weight is 443 g/mol. The molecule has 3 aromatic carbocycles. The molecule has 0 saturated carbocycles. The van der Waals surface area contributed by atoms with Crippen molar-refractivity contribution >= 4 is 28.9 Å². The number of benzene rings is 3. The van der Waals surface area contributed by atoms with E-state index in [-0.39, 0.29) is 11.6 Å². The number of nitro benzene ring substituents is 1. The van der Waals surface area contributed by atoms with Gasteiger partial charge in [-0.05, 0) is 43.2 Å². The number of rotatable bonds is 4. The fourth-order valence-corrected chi connectivity index (χ4v) is 4.51. The molecule has 0 spiro atoms. The van der Waals surface area contributed by atoms with Gasteiger partial charge in [-0.25, -0.2) is 9.96 Å². The molecule has 8 nitrogen and oxygen atoms in total. The number of imide groups is 1. The van der Waals surface area contributed by atoms with Gasteiger partial charge in [-0.2, -0.15) is 0 Å². The molecule has 0 aromatic heterocycles. The number of hydrogen-bond acceptors (Lipinski definition) is 6. The molecule has 33 heavy (non-hydrogen) atoms. The fraction of sp³-hybridized carbons (Fsp3) is 0.200. The SMILES string of the molecule is Cc1ccc([C@H]2[C@H]3C(=O)N(c4cccc(C)c4)C(=O)[C@@H]3ON2c2cccc([N+](=O)[O-])c2)cc1. The van der Waals surface area contributed by atoms with Crippen molar-refractivity contribution < 1.29 is 19.3 Å². The molecule has 0 aliphatic carbocycles. The molecule has 3 atom stereocenters. The minimum atomic E-state index is -1.02. The second-order valence-electron chi connectivity index (χ2n) is 8.36. The van der Waals surface area contributed by atoms with Crippen molar-refractivity contribution in [3.8, 4) is 0 Å². The first-order valence-electron chi connectivity index (χ1n) is 10.6. The Morgan fingerprint density at radius 3 is 2.24 bits per heavy atom. The summed E-state index contributed by atoms with van der Waals surface area (Å²) in [6.45, 7) is 3.85. The molecule has 2 aliphatic rings. The van der Waals surface area contributed by atoms with Gasteiger partial charge in [0.15, 0.2) is 6.10 Å². The van der Waals surface area contributed by atoms with E-state index in [9.17, 15) is 19.7 Å². The number of nitro groups is 1. The average Bonchev–Trinajstić information content (AvgIpc) is 3.30. The van der Waals surface area contributed by atoms with E-state index in [1.165, 1.54) is 22.1 Å². The van der Waals surface area contributed by atoms with Crippen molar-refractivity contribution in [3.05, 3.63) is 99.6 Å². The highest BCUT2D eigenvalue weighted by Gasteiger charge is 2.60. The Kier molecular flexibility index (Phi) is 4.94. The summed E-state index contributed by atoms with van der Waals surface area (Å²) in [5, 5.41) is 12.8. The molecule has 2 amide bonds. The van der Waals surface area contributed by atoms with Crippen LogP contribution in [0.2, 0.25) is 0 Å². The van der Waals surface area contributed by atoms with E-state index >= 15 is 0 Å². The topological polar surface area (TPSA) is 93.0 Å². The van der Waals surface area contributed by atoms with Crippen LogP contribution in [0.25, 0.3) is 0 Å². The van der Waals surface area contributed by atoms with Crippen LogP contribution in [0, 0.1) is 29.9 Å². The highest BCUT2D eigenvalue weighted by molar-refractivity contribution is 6.24. The molecule has 0 unspecified atom stereocenters. The van der Waals surface area contributed by atoms with Crippen molar-refractivity contribution in [2.75, 3.05) is 9.96 Å². The van der Waals surface area contributed by atoms with Crippen molar-refractivity contribution in [1.82, 2.24) is 0 Å². The summed E-state index contributed by atoms with van der Waals surface area (Å²) in [5.41, 5.74) is 3.58. The molecule has 5 rings (SSSR count). The summed E-state index contributed by atoms with van der Waals surface area (Å²) in [5.74, 6) is -1.59. The van der Waals surface area contributed by atoms with Gasteiger partial charge in [0.25, 0.3) is 11.6 Å². The monoisotopic (exact) mass is 443 g/mol. The van der Waals surface area contributed by atoms with Crippen LogP contribution < -0.4 is 9.96 Å². The second kappa shape index (κ2) is 7.83. The lowest BCUT2D eigenvalue weighted by Crippen LogP contribution is -2.37. The number of carbonyl (C=O) groups is 2. The maximum Gasteiger partial charge on any atom is 0.271 e. The van der Waals surface area contributed by atoms with E-state index in [0.29, 0.717) is 11.4 Å². The van der Waals surface area contributed by atoms with Gasteiger partial charge < -0.3 is 0 Å². The highest BCUT2D eigenvalue weighted by atomic mass is 16.7. The summed E-state index contributed by atoms with van der Waals surface area (Å²) in [6, 6.07) is 20.2. The van der Waals surface area contributed by atoms with Crippen LogP contribution in [-0.2, 0) is 14.4 Å². The zero-order chi connectivity index (χ0) is 23.3. The molecule has 3 aromatic rings. The third kappa shape index (κ3) is 3.44. The summed E-state index contributed by atoms with van der Waals surface area (Å²) >= 11 is 0. The van der Waals surface area contributed by atoms with Crippen molar-refractivity contribution in [2.24, 2.45) is 5.92 Å². The molecule has 0 N–H and O–H groups in total. The lowest BCUT2D eigenvalue weighted by molar-refractivity contribution is -0.384. The minimum Gasteiger partial charge on any atom is -0.273 e. The summed E-state index contributed by atoms with van der Waals surface area (Å²) in [4.78, 5) is 45.0. The van der Waals surface area contributed by atoms with Gasteiger partial charge in [-0.15, -0.1) is 0 Å². The van der Waals surface area contributed by atoms with Crippen molar-refractivity contribution in [3.63, 3.8) is 0 Å². The lowest BCUT2D eigenvalue weighted by Gasteiger charge is -2.28. The first kappa shape index (κ1) is 20.8. The first-order valence-corrected chi connectivity index (χ1v) is 10.6. The van der Waals surface area contributed by atoms with Crippen LogP contribution in [0.4, 0.5) is 17.1 Å². The number of hydroxylamine groups is 1. The maximum absolute atomic E-state index is 13.6. The fourth-order valence-electron chi connectivity index (χ4n) is 4.51. The predicted molar refractivity (Wildman–Crippen MR) is 122 cm³/mol. The smallest absolute Gasteiger partial charge is 0.271 e. The van der Waals surface area contributed by atoms with Gasteiger partial charge in [0.05, 0.1) is 22.3 Å². The van der Waals surface area contributed by atoms with Gasteiger partial charge in [-0.3, -0.25) is 24.5 Å². The van der Waals surface area contributed by atoms with Crippen LogP contribution >= 0.6 is 0 Å². The number of aryl methyl sites for hydroxylation is 2. The van der Waals surface area contributed by atoms with Gasteiger partial charge in [-0.1, -0.05) is 48.0 Å². The standard InChI is InChI=1S/C25H21N3O5/c1-15-9-11-17(12-10-15)22-21-23(33-27(22)19-7-4-8-20(14-19)28(31)32)25(30)26(24(21)29)18-6-3-5-16(2)13-18/h3-14,21-23H,1-2H3/t21-,22+,23-/m1/s1. The normalized spacial score (nSPS) is 22.1. The van der Waals surface area contributed by atoms with Crippen molar-refractivity contribution in [2.45, 2.75) is 26.0 Å². The largest absolute Gasteiger partial charge is 0.273 e. The van der Waals surface area contributed by atoms with Crippen LogP contribution in [-0.4, -0.2) is 22.8 Å². The Labute approximate surface area is 190 Å². The zero-order valence-corrected chi connectivity index (χ0v) is 18.0. The highest BCUT2D eigenvalue weighted by Crippen LogP contribution is 2.48. The Hall–Kier alpha value is -4.04. The van der Waals surface area contributed by atoms with E-state index in [2.05, 4.69) is 0 Å². The molecule has 2 heterocycles. The van der Waals surface area contributed by atoms with E-state index < -0.39 is 28.9 Å². The van der Waals surface area contributed by atoms with Crippen molar-refractivity contribution in [1.29, 1.82) is 0 Å². The molecule has 166 valence electrons. The van der Waals surface area contributed by atoms with E-state index in [1.54, 1.807) is 30.3 Å². The van der Waals surface area contributed by atoms with E-state index in [1.807, 2.05) is 44.2 Å². The maximum atomic E-state index is 13.6. The number of amides is 2. The number of nitrogens with zero attached hydrogens (tertiary/aromatic N) is 3. The van der Waals surface area contributed by atoms with Crippen LogP contribution in [0.15, 0.2) is 72.8 Å². The molecule has 2 aliphatic heterocycles. The predicted octanol–water partition coefficient (Wildman–Crippen LogP) is 4.26. The van der Waals surface area contributed by atoms with E-state index in [4.69, 9.17) is 4.84 Å². The third-order valence-electron chi connectivity index (χ3n) is 6.09. The first-order chi connectivity index (χ1) is 15.8. The summed E-state index contributed by atoms with van der Waals surface area (Å²) in [7, 11) is 0. The number of carbonyl (C=O) groups excluding carboxylic acids is 2. The summed E-state index contributed by atoms with van der Waals surface area (Å²) < 4.78 is 0. The molecule has 8 heteroatoms. The van der Waals surface area contributed by atoms with Gasteiger partial charge in [0.2, 0.25) is 5.91 Å². The van der Waals surface area contributed by atoms with Gasteiger partial charge in [0, 0.05) is 12.1 Å². The van der Waals surface area contributed by atoms with Crippen LogP contribution in [0.5, 0.6) is 0 Å². The second-order valence-corrected chi connectivity index (χ2v) is 8.36. The molecular weight excluding hydrogens is 422 g/mol.